The summed E-state index contributed by atoms with van der Waals surface area (Å²) in [5.41, 5.74) is 2.42. The molecule has 0 saturated heterocycles. The molecular formula is C13H9BrN2O. The van der Waals surface area contributed by atoms with E-state index >= 15 is 0 Å². The molecule has 84 valence electrons. The fourth-order valence-corrected chi connectivity index (χ4v) is 2.48. The third-order valence-electron chi connectivity index (χ3n) is 2.67. The molecule has 0 saturated carbocycles. The molecule has 1 heterocycles. The smallest absolute Gasteiger partial charge is 0.305 e. The van der Waals surface area contributed by atoms with Crippen LogP contribution >= 0.6 is 15.9 Å². The number of imidazole rings is 1. The van der Waals surface area contributed by atoms with E-state index in [1.165, 1.54) is 0 Å². The van der Waals surface area contributed by atoms with Gasteiger partial charge < -0.3 is 4.98 Å². The van der Waals surface area contributed by atoms with E-state index in [1.54, 1.807) is 4.57 Å². The van der Waals surface area contributed by atoms with E-state index in [4.69, 9.17) is 0 Å². The first-order chi connectivity index (χ1) is 8.27. The molecule has 0 fully saturated rings. The third-order valence-corrected chi connectivity index (χ3v) is 3.31. The van der Waals surface area contributed by atoms with Gasteiger partial charge in [0.25, 0.3) is 0 Å². The summed E-state index contributed by atoms with van der Waals surface area (Å²) in [6.07, 6.45) is 0. The van der Waals surface area contributed by atoms with E-state index < -0.39 is 0 Å². The molecule has 0 radical (unpaired) electrons. The summed E-state index contributed by atoms with van der Waals surface area (Å²) >= 11 is 3.48. The van der Waals surface area contributed by atoms with Crippen LogP contribution in [-0.2, 0) is 0 Å². The molecule has 2 aromatic carbocycles. The lowest BCUT2D eigenvalue weighted by Gasteiger charge is -2.03. The molecule has 0 bridgehead atoms. The first-order valence-corrected chi connectivity index (χ1v) is 6.01. The zero-order valence-electron chi connectivity index (χ0n) is 8.85. The number of para-hydroxylation sites is 2. The normalized spacial score (nSPS) is 10.9. The zero-order chi connectivity index (χ0) is 11.8. The van der Waals surface area contributed by atoms with Crippen LogP contribution in [0.4, 0.5) is 0 Å². The van der Waals surface area contributed by atoms with E-state index in [1.807, 2.05) is 48.5 Å². The maximum Gasteiger partial charge on any atom is 0.331 e. The lowest BCUT2D eigenvalue weighted by atomic mass is 10.3. The van der Waals surface area contributed by atoms with Crippen molar-refractivity contribution in [1.82, 2.24) is 9.55 Å². The molecule has 0 aliphatic rings. The summed E-state index contributed by atoms with van der Waals surface area (Å²) in [6, 6.07) is 15.3. The Balaban J connectivity index is 2.45. The lowest BCUT2D eigenvalue weighted by Crippen LogP contribution is -2.14. The molecule has 3 aromatic rings. The first-order valence-electron chi connectivity index (χ1n) is 5.22. The number of aromatic amines is 1. The van der Waals surface area contributed by atoms with E-state index in [9.17, 15) is 4.79 Å². The number of hydrogen-bond acceptors (Lipinski definition) is 1. The van der Waals surface area contributed by atoms with Crippen LogP contribution in [0.3, 0.4) is 0 Å². The van der Waals surface area contributed by atoms with Crippen LogP contribution in [-0.4, -0.2) is 9.55 Å². The number of nitrogens with zero attached hydrogens (tertiary/aromatic N) is 1. The Labute approximate surface area is 106 Å². The van der Waals surface area contributed by atoms with Gasteiger partial charge >= 0.3 is 5.69 Å². The molecule has 3 rings (SSSR count). The highest BCUT2D eigenvalue weighted by Gasteiger charge is 2.10. The van der Waals surface area contributed by atoms with Gasteiger partial charge in [0.15, 0.2) is 0 Å². The van der Waals surface area contributed by atoms with Gasteiger partial charge in [-0.1, -0.05) is 24.3 Å². The molecular weight excluding hydrogens is 280 g/mol. The Kier molecular flexibility index (Phi) is 2.37. The van der Waals surface area contributed by atoms with Gasteiger partial charge in [-0.15, -0.1) is 0 Å². The number of aromatic nitrogens is 2. The van der Waals surface area contributed by atoms with Crippen molar-refractivity contribution < 1.29 is 0 Å². The minimum absolute atomic E-state index is 0.127. The van der Waals surface area contributed by atoms with E-state index in [0.717, 1.165) is 21.2 Å². The summed E-state index contributed by atoms with van der Waals surface area (Å²) in [5.74, 6) is 0. The summed E-state index contributed by atoms with van der Waals surface area (Å²) < 4.78 is 2.57. The Morgan fingerprint density at radius 1 is 1.00 bits per heavy atom. The molecule has 17 heavy (non-hydrogen) atoms. The Hall–Kier alpha value is -1.81. The van der Waals surface area contributed by atoms with E-state index in [2.05, 4.69) is 20.9 Å². The molecule has 0 aliphatic heterocycles. The topological polar surface area (TPSA) is 37.8 Å². The number of halogens is 1. The van der Waals surface area contributed by atoms with Gasteiger partial charge in [0, 0.05) is 4.47 Å². The van der Waals surface area contributed by atoms with Crippen molar-refractivity contribution in [1.29, 1.82) is 0 Å². The van der Waals surface area contributed by atoms with Gasteiger partial charge in [-0.2, -0.15) is 0 Å². The van der Waals surface area contributed by atoms with E-state index in [0.29, 0.717) is 0 Å². The number of nitrogens with one attached hydrogen (secondary N) is 1. The minimum Gasteiger partial charge on any atom is -0.305 e. The molecule has 0 amide bonds. The highest BCUT2D eigenvalue weighted by atomic mass is 79.9. The van der Waals surface area contributed by atoms with Crippen LogP contribution in [0.2, 0.25) is 0 Å². The predicted molar refractivity (Wildman–Crippen MR) is 71.6 cm³/mol. The fourth-order valence-electron chi connectivity index (χ4n) is 1.94. The van der Waals surface area contributed by atoms with E-state index in [-0.39, 0.29) is 5.69 Å². The average molecular weight is 289 g/mol. The molecule has 3 nitrogen and oxygen atoms in total. The van der Waals surface area contributed by atoms with Crippen molar-refractivity contribution in [3.63, 3.8) is 0 Å². The number of H-pyrrole nitrogens is 1. The summed E-state index contributed by atoms with van der Waals surface area (Å²) in [4.78, 5) is 14.8. The minimum atomic E-state index is -0.127. The zero-order valence-corrected chi connectivity index (χ0v) is 10.4. The van der Waals surface area contributed by atoms with Crippen LogP contribution in [0.25, 0.3) is 16.7 Å². The van der Waals surface area contributed by atoms with Crippen LogP contribution < -0.4 is 5.69 Å². The van der Waals surface area contributed by atoms with Gasteiger partial charge in [0.1, 0.15) is 0 Å². The van der Waals surface area contributed by atoms with Crippen molar-refractivity contribution in [2.24, 2.45) is 0 Å². The molecule has 1 N–H and O–H groups in total. The van der Waals surface area contributed by atoms with Gasteiger partial charge in [-0.25, -0.2) is 4.79 Å². The maximum absolute atomic E-state index is 12.0. The predicted octanol–water partition coefficient (Wildman–Crippen LogP) is 3.08. The van der Waals surface area contributed by atoms with Crippen molar-refractivity contribution in [2.45, 2.75) is 0 Å². The number of rotatable bonds is 1. The van der Waals surface area contributed by atoms with Gasteiger partial charge in [-0.05, 0) is 40.2 Å². The standard InChI is InChI=1S/C13H9BrN2O/c14-10-7-4-8-11-12(10)16(13(17)15-11)9-5-2-1-3-6-9/h1-8H,(H,15,17). The fraction of sp³-hybridized carbons (Fsp3) is 0. The van der Waals surface area contributed by atoms with Crippen LogP contribution in [0, 0.1) is 0 Å². The molecule has 0 atom stereocenters. The number of benzene rings is 2. The van der Waals surface area contributed by atoms with Crippen LogP contribution in [0.1, 0.15) is 0 Å². The molecule has 1 aromatic heterocycles. The van der Waals surface area contributed by atoms with Crippen molar-refractivity contribution in [3.05, 3.63) is 63.5 Å². The third kappa shape index (κ3) is 1.61. The lowest BCUT2D eigenvalue weighted by molar-refractivity contribution is 1.01. The Morgan fingerprint density at radius 2 is 1.76 bits per heavy atom. The number of fused-ring (bicyclic) bond motifs is 1. The second kappa shape index (κ2) is 3.89. The van der Waals surface area contributed by atoms with Crippen molar-refractivity contribution >= 4 is 27.0 Å². The number of hydrogen-bond donors (Lipinski definition) is 1. The second-order valence-electron chi connectivity index (χ2n) is 3.74. The SMILES string of the molecule is O=c1[nH]c2cccc(Br)c2n1-c1ccccc1. The molecule has 0 unspecified atom stereocenters. The summed E-state index contributed by atoms with van der Waals surface area (Å²) in [6.45, 7) is 0. The second-order valence-corrected chi connectivity index (χ2v) is 4.59. The van der Waals surface area contributed by atoms with Gasteiger partial charge in [0.05, 0.1) is 16.7 Å². The average Bonchev–Trinajstić information content (AvgIpc) is 2.68. The molecule has 0 spiro atoms. The quantitative estimate of drug-likeness (QED) is 0.734. The summed E-state index contributed by atoms with van der Waals surface area (Å²) in [7, 11) is 0. The maximum atomic E-state index is 12.0. The molecule has 4 heteroatoms. The van der Waals surface area contributed by atoms with Gasteiger partial charge in [0.2, 0.25) is 0 Å². The largest absolute Gasteiger partial charge is 0.331 e. The highest BCUT2D eigenvalue weighted by Crippen LogP contribution is 2.23. The Morgan fingerprint density at radius 3 is 2.53 bits per heavy atom. The summed E-state index contributed by atoms with van der Waals surface area (Å²) in [5, 5.41) is 0. The van der Waals surface area contributed by atoms with Crippen molar-refractivity contribution in [3.8, 4) is 5.69 Å². The highest BCUT2D eigenvalue weighted by molar-refractivity contribution is 9.10. The van der Waals surface area contributed by atoms with Crippen molar-refractivity contribution in [2.75, 3.05) is 0 Å². The Bertz CT molecular complexity index is 728. The first kappa shape index (κ1) is 10.4. The monoisotopic (exact) mass is 288 g/mol. The van der Waals surface area contributed by atoms with Crippen LogP contribution in [0.15, 0.2) is 57.8 Å². The van der Waals surface area contributed by atoms with Gasteiger partial charge in [-0.3, -0.25) is 4.57 Å². The van der Waals surface area contributed by atoms with Crippen LogP contribution in [0.5, 0.6) is 0 Å². The molecule has 0 aliphatic carbocycles.